The summed E-state index contributed by atoms with van der Waals surface area (Å²) in [5.74, 6) is 0. The van der Waals surface area contributed by atoms with Crippen molar-refractivity contribution < 1.29 is 8.78 Å². The highest BCUT2D eigenvalue weighted by molar-refractivity contribution is 14.1. The molecular weight excluding hydrogens is 409 g/mol. The monoisotopic (exact) mass is 410 g/mol. The standard InChI is InChI=1S/C7H3Br2F2I/c8-3-1-2-4(12)5(6(3)9)7(10)11/h1-2,7H. The van der Waals surface area contributed by atoms with E-state index in [9.17, 15) is 8.78 Å². The molecule has 0 atom stereocenters. The highest BCUT2D eigenvalue weighted by atomic mass is 127. The Morgan fingerprint density at radius 1 is 1.25 bits per heavy atom. The third-order valence-corrected chi connectivity index (χ3v) is 4.29. The van der Waals surface area contributed by atoms with Crippen LogP contribution < -0.4 is 0 Å². The zero-order valence-corrected chi connectivity index (χ0v) is 11.0. The summed E-state index contributed by atoms with van der Waals surface area (Å²) in [5, 5.41) is 0. The SMILES string of the molecule is FC(F)c1c(I)ccc(Br)c1Br. The van der Waals surface area contributed by atoms with E-state index >= 15 is 0 Å². The molecule has 66 valence electrons. The van der Waals surface area contributed by atoms with Crippen LogP contribution in [0, 0.1) is 3.57 Å². The van der Waals surface area contributed by atoms with E-state index in [2.05, 4.69) is 31.9 Å². The first-order valence-corrected chi connectivity index (χ1v) is 5.62. The van der Waals surface area contributed by atoms with Crippen molar-refractivity contribution in [1.29, 1.82) is 0 Å². The molecule has 0 unspecified atom stereocenters. The van der Waals surface area contributed by atoms with Gasteiger partial charge in [0.15, 0.2) is 0 Å². The second-order valence-electron chi connectivity index (χ2n) is 2.06. The lowest BCUT2D eigenvalue weighted by atomic mass is 10.2. The average molecular weight is 412 g/mol. The van der Waals surface area contributed by atoms with Crippen LogP contribution in [0.25, 0.3) is 0 Å². The van der Waals surface area contributed by atoms with Crippen molar-refractivity contribution in [2.45, 2.75) is 6.43 Å². The maximum Gasteiger partial charge on any atom is 0.265 e. The Labute approximate surface area is 99.1 Å². The fraction of sp³-hybridized carbons (Fsp3) is 0.143. The molecule has 0 saturated heterocycles. The van der Waals surface area contributed by atoms with Gasteiger partial charge >= 0.3 is 0 Å². The van der Waals surface area contributed by atoms with Gasteiger partial charge in [-0.1, -0.05) is 0 Å². The number of benzene rings is 1. The molecule has 5 heteroatoms. The lowest BCUT2D eigenvalue weighted by molar-refractivity contribution is 0.149. The van der Waals surface area contributed by atoms with Gasteiger partial charge in [0.1, 0.15) is 0 Å². The van der Waals surface area contributed by atoms with Crippen LogP contribution in [0.4, 0.5) is 8.78 Å². The van der Waals surface area contributed by atoms with Gasteiger partial charge in [-0.3, -0.25) is 0 Å². The molecule has 0 heterocycles. The van der Waals surface area contributed by atoms with Gasteiger partial charge in [0, 0.05) is 18.1 Å². The highest BCUT2D eigenvalue weighted by Crippen LogP contribution is 2.36. The number of halogens is 5. The lowest BCUT2D eigenvalue weighted by Gasteiger charge is -2.07. The van der Waals surface area contributed by atoms with E-state index in [0.717, 1.165) is 0 Å². The molecule has 0 aromatic heterocycles. The predicted octanol–water partition coefficient (Wildman–Crippen LogP) is 4.75. The minimum atomic E-state index is -2.44. The van der Waals surface area contributed by atoms with E-state index in [-0.39, 0.29) is 5.56 Å². The number of hydrogen-bond donors (Lipinski definition) is 0. The second-order valence-corrected chi connectivity index (χ2v) is 4.87. The second kappa shape index (κ2) is 4.32. The predicted molar refractivity (Wildman–Crippen MR) is 59.5 cm³/mol. The summed E-state index contributed by atoms with van der Waals surface area (Å²) in [6.45, 7) is 0. The molecule has 0 fully saturated rings. The van der Waals surface area contributed by atoms with Crippen molar-refractivity contribution in [3.8, 4) is 0 Å². The summed E-state index contributed by atoms with van der Waals surface area (Å²) in [5.41, 5.74) is 0.0463. The molecule has 1 aromatic rings. The molecule has 0 spiro atoms. The summed E-state index contributed by atoms with van der Waals surface area (Å²) in [6, 6.07) is 3.38. The van der Waals surface area contributed by atoms with Gasteiger partial charge in [0.2, 0.25) is 0 Å². The van der Waals surface area contributed by atoms with Gasteiger partial charge in [-0.25, -0.2) is 8.78 Å². The molecule has 0 aliphatic heterocycles. The van der Waals surface area contributed by atoms with E-state index < -0.39 is 6.43 Å². The maximum atomic E-state index is 12.4. The quantitative estimate of drug-likeness (QED) is 0.462. The third-order valence-electron chi connectivity index (χ3n) is 1.30. The van der Waals surface area contributed by atoms with Gasteiger partial charge in [-0.2, -0.15) is 0 Å². The van der Waals surface area contributed by atoms with Crippen molar-refractivity contribution in [2.24, 2.45) is 0 Å². The van der Waals surface area contributed by atoms with Crippen LogP contribution >= 0.6 is 54.5 Å². The Hall–Kier alpha value is 0.770. The van der Waals surface area contributed by atoms with E-state index in [0.29, 0.717) is 12.5 Å². The van der Waals surface area contributed by atoms with Crippen LogP contribution in [0.1, 0.15) is 12.0 Å². The van der Waals surface area contributed by atoms with Crippen LogP contribution in [0.5, 0.6) is 0 Å². The Balaban J connectivity index is 3.33. The summed E-state index contributed by atoms with van der Waals surface area (Å²) in [7, 11) is 0. The normalized spacial score (nSPS) is 10.8. The molecule has 0 aliphatic carbocycles. The van der Waals surface area contributed by atoms with Crippen molar-refractivity contribution >= 4 is 54.5 Å². The Morgan fingerprint density at radius 2 is 1.83 bits per heavy atom. The van der Waals surface area contributed by atoms with Crippen LogP contribution in [0.3, 0.4) is 0 Å². The zero-order chi connectivity index (χ0) is 9.30. The maximum absolute atomic E-state index is 12.4. The minimum Gasteiger partial charge on any atom is -0.205 e. The van der Waals surface area contributed by atoms with Gasteiger partial charge < -0.3 is 0 Å². The summed E-state index contributed by atoms with van der Waals surface area (Å²) in [6.07, 6.45) is -2.44. The summed E-state index contributed by atoms with van der Waals surface area (Å²) < 4.78 is 26.5. The molecular formula is C7H3Br2F2I. The molecule has 0 radical (unpaired) electrons. The first-order chi connectivity index (χ1) is 5.54. The van der Waals surface area contributed by atoms with Crippen LogP contribution in [0.15, 0.2) is 21.1 Å². The highest BCUT2D eigenvalue weighted by Gasteiger charge is 2.16. The van der Waals surface area contributed by atoms with Crippen molar-refractivity contribution in [2.75, 3.05) is 0 Å². The minimum absolute atomic E-state index is 0.0463. The Kier molecular flexibility index (Phi) is 3.91. The zero-order valence-electron chi connectivity index (χ0n) is 5.62. The summed E-state index contributed by atoms with van der Waals surface area (Å²) >= 11 is 8.15. The molecule has 1 rings (SSSR count). The Bertz CT molecular complexity index is 302. The van der Waals surface area contributed by atoms with E-state index in [1.54, 1.807) is 12.1 Å². The first kappa shape index (κ1) is 10.8. The molecule has 0 amide bonds. The fourth-order valence-electron chi connectivity index (χ4n) is 0.743. The summed E-state index contributed by atoms with van der Waals surface area (Å²) in [4.78, 5) is 0. The van der Waals surface area contributed by atoms with Crippen LogP contribution in [-0.4, -0.2) is 0 Å². The van der Waals surface area contributed by atoms with Crippen molar-refractivity contribution in [3.63, 3.8) is 0 Å². The Morgan fingerprint density at radius 3 is 2.25 bits per heavy atom. The van der Waals surface area contributed by atoms with Crippen molar-refractivity contribution in [3.05, 3.63) is 30.2 Å². The molecule has 12 heavy (non-hydrogen) atoms. The van der Waals surface area contributed by atoms with Crippen LogP contribution in [-0.2, 0) is 0 Å². The van der Waals surface area contributed by atoms with E-state index in [4.69, 9.17) is 0 Å². The molecule has 0 N–H and O–H groups in total. The smallest absolute Gasteiger partial charge is 0.205 e. The largest absolute Gasteiger partial charge is 0.265 e. The molecule has 0 bridgehead atoms. The molecule has 1 aromatic carbocycles. The van der Waals surface area contributed by atoms with Gasteiger partial charge in [0.25, 0.3) is 6.43 Å². The van der Waals surface area contributed by atoms with Gasteiger partial charge in [0.05, 0.1) is 0 Å². The van der Waals surface area contributed by atoms with E-state index in [1.807, 2.05) is 22.6 Å². The van der Waals surface area contributed by atoms with Gasteiger partial charge in [-0.15, -0.1) is 0 Å². The fourth-order valence-corrected chi connectivity index (χ4v) is 2.66. The van der Waals surface area contributed by atoms with Crippen LogP contribution in [0.2, 0.25) is 0 Å². The number of rotatable bonds is 1. The first-order valence-electron chi connectivity index (χ1n) is 2.95. The average Bonchev–Trinajstić information content (AvgIpc) is 1.97. The number of hydrogen-bond acceptors (Lipinski definition) is 0. The lowest BCUT2D eigenvalue weighted by Crippen LogP contribution is -1.91. The van der Waals surface area contributed by atoms with Crippen molar-refractivity contribution in [1.82, 2.24) is 0 Å². The molecule has 0 saturated carbocycles. The van der Waals surface area contributed by atoms with Gasteiger partial charge in [-0.05, 0) is 66.6 Å². The third kappa shape index (κ3) is 2.17. The topological polar surface area (TPSA) is 0 Å². The number of alkyl halides is 2. The molecule has 0 aliphatic rings. The van der Waals surface area contributed by atoms with E-state index in [1.165, 1.54) is 0 Å². The molecule has 0 nitrogen and oxygen atoms in total.